The number of rotatable bonds is 5. The molecule has 100 valence electrons. The van der Waals surface area contributed by atoms with Gasteiger partial charge in [0, 0.05) is 19.1 Å². The summed E-state index contributed by atoms with van der Waals surface area (Å²) >= 11 is 0. The largest absolute Gasteiger partial charge is 0.315 e. The summed E-state index contributed by atoms with van der Waals surface area (Å²) < 4.78 is 27.0. The van der Waals surface area contributed by atoms with Gasteiger partial charge in [0.05, 0.1) is 5.25 Å². The number of nitrogens with one attached hydrogen (secondary N) is 1. The SMILES string of the molecule is CCCN(C1CCNC1)S(=O)(=O)C1CCCC1. The molecule has 1 atom stereocenters. The zero-order chi connectivity index (χ0) is 12.3. The fraction of sp³-hybridized carbons (Fsp3) is 1.00. The quantitative estimate of drug-likeness (QED) is 0.811. The molecule has 1 aliphatic heterocycles. The molecule has 1 heterocycles. The predicted molar refractivity (Wildman–Crippen MR) is 69.4 cm³/mol. The van der Waals surface area contributed by atoms with E-state index in [2.05, 4.69) is 12.2 Å². The van der Waals surface area contributed by atoms with Crippen LogP contribution in [0.4, 0.5) is 0 Å². The Balaban J connectivity index is 2.12. The minimum absolute atomic E-state index is 0.102. The Labute approximate surface area is 105 Å². The van der Waals surface area contributed by atoms with Crippen LogP contribution >= 0.6 is 0 Å². The Morgan fingerprint density at radius 2 is 1.94 bits per heavy atom. The molecule has 0 aromatic carbocycles. The minimum atomic E-state index is -3.05. The second kappa shape index (κ2) is 5.67. The van der Waals surface area contributed by atoms with E-state index < -0.39 is 10.0 Å². The maximum absolute atomic E-state index is 12.6. The van der Waals surface area contributed by atoms with Crippen molar-refractivity contribution in [3.63, 3.8) is 0 Å². The molecule has 0 aromatic rings. The van der Waals surface area contributed by atoms with Gasteiger partial charge in [0.15, 0.2) is 0 Å². The van der Waals surface area contributed by atoms with E-state index >= 15 is 0 Å². The molecule has 2 aliphatic rings. The van der Waals surface area contributed by atoms with E-state index in [0.29, 0.717) is 6.54 Å². The van der Waals surface area contributed by atoms with Crippen molar-refractivity contribution in [2.24, 2.45) is 0 Å². The summed E-state index contributed by atoms with van der Waals surface area (Å²) in [6.07, 6.45) is 5.75. The summed E-state index contributed by atoms with van der Waals surface area (Å²) in [6.45, 7) is 4.52. The molecule has 1 saturated heterocycles. The van der Waals surface area contributed by atoms with Gasteiger partial charge in [-0.1, -0.05) is 19.8 Å². The lowest BCUT2D eigenvalue weighted by Gasteiger charge is -2.30. The Kier molecular flexibility index (Phi) is 4.44. The molecule has 1 N–H and O–H groups in total. The van der Waals surface area contributed by atoms with Crippen LogP contribution in [0.15, 0.2) is 0 Å². The average molecular weight is 260 g/mol. The maximum Gasteiger partial charge on any atom is 0.217 e. The molecule has 17 heavy (non-hydrogen) atoms. The highest BCUT2D eigenvalue weighted by Gasteiger charge is 2.38. The van der Waals surface area contributed by atoms with Gasteiger partial charge < -0.3 is 5.32 Å². The van der Waals surface area contributed by atoms with Crippen molar-refractivity contribution in [2.75, 3.05) is 19.6 Å². The first kappa shape index (κ1) is 13.3. The molecule has 0 aromatic heterocycles. The molecule has 0 spiro atoms. The summed E-state index contributed by atoms with van der Waals surface area (Å²) in [5.41, 5.74) is 0. The van der Waals surface area contributed by atoms with Crippen molar-refractivity contribution < 1.29 is 8.42 Å². The molecule has 1 unspecified atom stereocenters. The Bertz CT molecular complexity index is 330. The first-order valence-corrected chi connectivity index (χ1v) is 8.38. The van der Waals surface area contributed by atoms with Crippen LogP contribution in [-0.4, -0.2) is 43.6 Å². The van der Waals surface area contributed by atoms with Crippen molar-refractivity contribution in [1.29, 1.82) is 0 Å². The van der Waals surface area contributed by atoms with Gasteiger partial charge in [0.25, 0.3) is 0 Å². The van der Waals surface area contributed by atoms with Crippen molar-refractivity contribution in [3.05, 3.63) is 0 Å². The predicted octanol–water partition coefficient (Wildman–Crippen LogP) is 1.33. The van der Waals surface area contributed by atoms with E-state index in [1.807, 2.05) is 0 Å². The van der Waals surface area contributed by atoms with Gasteiger partial charge in [-0.3, -0.25) is 0 Å². The number of hydrogen-bond acceptors (Lipinski definition) is 3. The number of sulfonamides is 1. The van der Waals surface area contributed by atoms with Crippen LogP contribution < -0.4 is 5.32 Å². The van der Waals surface area contributed by atoms with E-state index in [1.54, 1.807) is 4.31 Å². The van der Waals surface area contributed by atoms with Crippen LogP contribution in [0.5, 0.6) is 0 Å². The van der Waals surface area contributed by atoms with Gasteiger partial charge in [0.1, 0.15) is 0 Å². The van der Waals surface area contributed by atoms with Crippen molar-refractivity contribution in [2.45, 2.75) is 56.7 Å². The molecular formula is C12H24N2O2S. The average Bonchev–Trinajstić information content (AvgIpc) is 2.97. The summed E-state index contributed by atoms with van der Waals surface area (Å²) in [7, 11) is -3.05. The van der Waals surface area contributed by atoms with E-state index in [4.69, 9.17) is 0 Å². The van der Waals surface area contributed by atoms with Crippen molar-refractivity contribution in [3.8, 4) is 0 Å². The third kappa shape index (κ3) is 2.83. The summed E-state index contributed by atoms with van der Waals surface area (Å²) in [5.74, 6) is 0. The molecule has 0 amide bonds. The second-order valence-corrected chi connectivity index (χ2v) is 7.37. The molecule has 4 nitrogen and oxygen atoms in total. The first-order chi connectivity index (χ1) is 8.16. The highest BCUT2D eigenvalue weighted by molar-refractivity contribution is 7.89. The maximum atomic E-state index is 12.6. The van der Waals surface area contributed by atoms with E-state index in [0.717, 1.165) is 51.6 Å². The zero-order valence-electron chi connectivity index (χ0n) is 10.7. The highest BCUT2D eigenvalue weighted by atomic mass is 32.2. The number of nitrogens with zero attached hydrogens (tertiary/aromatic N) is 1. The van der Waals surface area contributed by atoms with Crippen LogP contribution in [0, 0.1) is 0 Å². The van der Waals surface area contributed by atoms with Crippen molar-refractivity contribution >= 4 is 10.0 Å². The van der Waals surface area contributed by atoms with Gasteiger partial charge >= 0.3 is 0 Å². The molecule has 1 aliphatic carbocycles. The third-order valence-electron chi connectivity index (χ3n) is 3.94. The highest BCUT2D eigenvalue weighted by Crippen LogP contribution is 2.29. The first-order valence-electron chi connectivity index (χ1n) is 6.87. The minimum Gasteiger partial charge on any atom is -0.315 e. The fourth-order valence-corrected chi connectivity index (χ4v) is 5.35. The molecule has 2 rings (SSSR count). The Morgan fingerprint density at radius 3 is 2.47 bits per heavy atom. The van der Waals surface area contributed by atoms with Gasteiger partial charge in [-0.25, -0.2) is 8.42 Å². The Morgan fingerprint density at radius 1 is 1.24 bits per heavy atom. The van der Waals surface area contributed by atoms with Crippen LogP contribution in [0.2, 0.25) is 0 Å². The molecule has 0 radical (unpaired) electrons. The van der Waals surface area contributed by atoms with Crippen LogP contribution in [0.1, 0.15) is 45.4 Å². The van der Waals surface area contributed by atoms with Gasteiger partial charge in [-0.15, -0.1) is 0 Å². The van der Waals surface area contributed by atoms with Crippen LogP contribution in [0.25, 0.3) is 0 Å². The lowest BCUT2D eigenvalue weighted by atomic mass is 10.2. The summed E-state index contributed by atoms with van der Waals surface area (Å²) in [6, 6.07) is 0.195. The normalized spacial score (nSPS) is 27.1. The molecular weight excluding hydrogens is 236 g/mol. The summed E-state index contributed by atoms with van der Waals surface area (Å²) in [5, 5.41) is 3.17. The van der Waals surface area contributed by atoms with Gasteiger partial charge in [-0.2, -0.15) is 4.31 Å². The van der Waals surface area contributed by atoms with E-state index in [1.165, 1.54) is 0 Å². The van der Waals surface area contributed by atoms with E-state index in [9.17, 15) is 8.42 Å². The zero-order valence-corrected chi connectivity index (χ0v) is 11.5. The van der Waals surface area contributed by atoms with Crippen LogP contribution in [0.3, 0.4) is 0 Å². The topological polar surface area (TPSA) is 49.4 Å². The lowest BCUT2D eigenvalue weighted by molar-refractivity contribution is 0.330. The standard InChI is InChI=1S/C12H24N2O2S/c1-2-9-14(11-7-8-13-10-11)17(15,16)12-5-3-4-6-12/h11-13H,2-10H2,1H3. The molecule has 0 bridgehead atoms. The third-order valence-corrected chi connectivity index (χ3v) is 6.38. The Hall–Kier alpha value is -0.130. The van der Waals surface area contributed by atoms with Gasteiger partial charge in [0.2, 0.25) is 10.0 Å². The van der Waals surface area contributed by atoms with Crippen LogP contribution in [-0.2, 0) is 10.0 Å². The fourth-order valence-electron chi connectivity index (χ4n) is 3.00. The van der Waals surface area contributed by atoms with Crippen molar-refractivity contribution in [1.82, 2.24) is 9.62 Å². The molecule has 1 saturated carbocycles. The lowest BCUT2D eigenvalue weighted by Crippen LogP contribution is -2.45. The molecule has 5 heteroatoms. The van der Waals surface area contributed by atoms with E-state index in [-0.39, 0.29) is 11.3 Å². The van der Waals surface area contributed by atoms with Gasteiger partial charge in [-0.05, 0) is 32.2 Å². The molecule has 2 fully saturated rings. The monoisotopic (exact) mass is 260 g/mol. The second-order valence-electron chi connectivity index (χ2n) is 5.21. The number of hydrogen-bond donors (Lipinski definition) is 1. The summed E-state index contributed by atoms with van der Waals surface area (Å²) in [4.78, 5) is 0. The smallest absolute Gasteiger partial charge is 0.217 e.